The molecule has 22 heavy (non-hydrogen) atoms. The van der Waals surface area contributed by atoms with Crippen molar-refractivity contribution in [1.29, 1.82) is 0 Å². The van der Waals surface area contributed by atoms with Crippen LogP contribution in [0.1, 0.15) is 31.4 Å². The van der Waals surface area contributed by atoms with Crippen molar-refractivity contribution >= 4 is 6.03 Å². The predicted molar refractivity (Wildman–Crippen MR) is 89.5 cm³/mol. The lowest BCUT2D eigenvalue weighted by Crippen LogP contribution is -2.44. The third-order valence-corrected chi connectivity index (χ3v) is 3.25. The van der Waals surface area contributed by atoms with Crippen LogP contribution < -0.4 is 10.6 Å². The zero-order chi connectivity index (χ0) is 16.5. The maximum atomic E-state index is 11.9. The van der Waals surface area contributed by atoms with Gasteiger partial charge in [-0.15, -0.1) is 0 Å². The molecule has 0 bridgehead atoms. The summed E-state index contributed by atoms with van der Waals surface area (Å²) in [6.07, 6.45) is 0.766. The molecule has 0 radical (unpaired) electrons. The minimum atomic E-state index is -0.238. The van der Waals surface area contributed by atoms with Gasteiger partial charge < -0.3 is 20.6 Å². The summed E-state index contributed by atoms with van der Waals surface area (Å²) in [5.74, 6) is 0.431. The van der Waals surface area contributed by atoms with Gasteiger partial charge in [0.15, 0.2) is 0 Å². The minimum absolute atomic E-state index is 0.0378. The van der Waals surface area contributed by atoms with Crippen molar-refractivity contribution in [3.63, 3.8) is 0 Å². The van der Waals surface area contributed by atoms with E-state index in [1.54, 1.807) is 0 Å². The number of benzene rings is 1. The second-order valence-corrected chi connectivity index (χ2v) is 6.39. The van der Waals surface area contributed by atoms with Crippen LogP contribution in [0.4, 0.5) is 4.79 Å². The Morgan fingerprint density at radius 1 is 1.27 bits per heavy atom. The third-order valence-electron chi connectivity index (χ3n) is 3.25. The lowest BCUT2D eigenvalue weighted by Gasteiger charge is -2.18. The lowest BCUT2D eigenvalue weighted by atomic mass is 10.0. The molecule has 5 nitrogen and oxygen atoms in total. The molecule has 124 valence electrons. The van der Waals surface area contributed by atoms with E-state index in [0.29, 0.717) is 12.5 Å². The van der Waals surface area contributed by atoms with E-state index in [1.165, 1.54) is 5.56 Å². The number of urea groups is 1. The molecule has 0 spiro atoms. The molecule has 0 saturated heterocycles. The van der Waals surface area contributed by atoms with Crippen LogP contribution in [-0.4, -0.2) is 42.8 Å². The fraction of sp³-hybridized carbons (Fsp3) is 0.588. The summed E-state index contributed by atoms with van der Waals surface area (Å²) in [5.41, 5.74) is 2.29. The van der Waals surface area contributed by atoms with Gasteiger partial charge in [-0.05, 0) is 37.6 Å². The monoisotopic (exact) mass is 307 g/mol. The Bertz CT molecular complexity index is 461. The second kappa shape index (κ2) is 9.43. The van der Waals surface area contributed by atoms with E-state index in [0.717, 1.165) is 18.5 Å². The third kappa shape index (κ3) is 7.43. The molecular weight excluding hydrogens is 278 g/mol. The summed E-state index contributed by atoms with van der Waals surface area (Å²) in [6, 6.07) is 7.74. The van der Waals surface area contributed by atoms with Gasteiger partial charge in [0.1, 0.15) is 0 Å². The smallest absolute Gasteiger partial charge is 0.315 e. The number of aliphatic hydroxyl groups excluding tert-OH is 1. The van der Waals surface area contributed by atoms with Crippen LogP contribution in [0.3, 0.4) is 0 Å². The average Bonchev–Trinajstić information content (AvgIpc) is 2.43. The molecule has 1 unspecified atom stereocenters. The maximum absolute atomic E-state index is 11.9. The summed E-state index contributed by atoms with van der Waals surface area (Å²) in [5, 5.41) is 14.9. The van der Waals surface area contributed by atoms with Gasteiger partial charge in [0.2, 0.25) is 0 Å². The Labute approximate surface area is 133 Å². The largest absolute Gasteiger partial charge is 0.394 e. The SMILES string of the molecule is CC(C)CC(CO)NC(=O)NCc1cccc(CN(C)C)c1. The minimum Gasteiger partial charge on any atom is -0.394 e. The van der Waals surface area contributed by atoms with Crippen LogP contribution in [0.15, 0.2) is 24.3 Å². The molecule has 0 saturated carbocycles. The predicted octanol–water partition coefficient (Wildman–Crippen LogP) is 1.95. The summed E-state index contributed by atoms with van der Waals surface area (Å²) in [4.78, 5) is 14.0. The Morgan fingerprint density at radius 2 is 1.95 bits per heavy atom. The normalized spacial score (nSPS) is 12.5. The molecule has 3 N–H and O–H groups in total. The number of carbonyl (C=O) groups is 1. The van der Waals surface area contributed by atoms with E-state index in [-0.39, 0.29) is 18.7 Å². The van der Waals surface area contributed by atoms with Gasteiger partial charge in [-0.1, -0.05) is 38.1 Å². The standard InChI is InChI=1S/C17H29N3O2/c1-13(2)8-16(12-21)19-17(22)18-10-14-6-5-7-15(9-14)11-20(3)4/h5-7,9,13,16,21H,8,10-12H2,1-4H3,(H2,18,19,22). The number of nitrogens with zero attached hydrogens (tertiary/aromatic N) is 1. The van der Waals surface area contributed by atoms with Crippen LogP contribution >= 0.6 is 0 Å². The fourth-order valence-corrected chi connectivity index (χ4v) is 2.37. The Balaban J connectivity index is 2.46. The van der Waals surface area contributed by atoms with Crippen molar-refractivity contribution in [2.24, 2.45) is 5.92 Å². The zero-order valence-corrected chi connectivity index (χ0v) is 14.1. The first-order valence-corrected chi connectivity index (χ1v) is 7.78. The summed E-state index contributed by atoms with van der Waals surface area (Å²) < 4.78 is 0. The molecule has 0 fully saturated rings. The van der Waals surface area contributed by atoms with E-state index in [4.69, 9.17) is 0 Å². The van der Waals surface area contributed by atoms with Crippen molar-refractivity contribution < 1.29 is 9.90 Å². The zero-order valence-electron chi connectivity index (χ0n) is 14.1. The number of rotatable bonds is 8. The number of carbonyl (C=O) groups excluding carboxylic acids is 1. The van der Waals surface area contributed by atoms with Gasteiger partial charge >= 0.3 is 6.03 Å². The van der Waals surface area contributed by atoms with Gasteiger partial charge in [-0.25, -0.2) is 4.79 Å². The number of hydrogen-bond acceptors (Lipinski definition) is 3. The van der Waals surface area contributed by atoms with E-state index >= 15 is 0 Å². The van der Waals surface area contributed by atoms with Crippen molar-refractivity contribution in [3.8, 4) is 0 Å². The van der Waals surface area contributed by atoms with Crippen molar-refractivity contribution in [1.82, 2.24) is 15.5 Å². The number of hydrogen-bond donors (Lipinski definition) is 3. The van der Waals surface area contributed by atoms with Gasteiger partial charge in [0.25, 0.3) is 0 Å². The summed E-state index contributed by atoms with van der Waals surface area (Å²) >= 11 is 0. The Morgan fingerprint density at radius 3 is 2.55 bits per heavy atom. The fourth-order valence-electron chi connectivity index (χ4n) is 2.37. The van der Waals surface area contributed by atoms with E-state index in [1.807, 2.05) is 26.2 Å². The molecule has 0 aromatic heterocycles. The lowest BCUT2D eigenvalue weighted by molar-refractivity contribution is 0.206. The van der Waals surface area contributed by atoms with E-state index < -0.39 is 0 Å². The van der Waals surface area contributed by atoms with E-state index in [9.17, 15) is 9.90 Å². The molecule has 1 aromatic carbocycles. The van der Waals surface area contributed by atoms with Gasteiger partial charge in [0.05, 0.1) is 12.6 Å². The molecule has 2 amide bonds. The highest BCUT2D eigenvalue weighted by atomic mass is 16.3. The summed E-state index contributed by atoms with van der Waals surface area (Å²) in [6.45, 7) is 5.45. The highest BCUT2D eigenvalue weighted by Gasteiger charge is 2.12. The highest BCUT2D eigenvalue weighted by Crippen LogP contribution is 2.07. The van der Waals surface area contributed by atoms with E-state index in [2.05, 4.69) is 41.5 Å². The number of nitrogens with one attached hydrogen (secondary N) is 2. The topological polar surface area (TPSA) is 64.6 Å². The van der Waals surface area contributed by atoms with Crippen molar-refractivity contribution in [3.05, 3.63) is 35.4 Å². The second-order valence-electron chi connectivity index (χ2n) is 6.39. The molecule has 0 aliphatic rings. The first-order chi connectivity index (χ1) is 10.4. The first kappa shape index (κ1) is 18.5. The molecule has 0 heterocycles. The molecule has 1 rings (SSSR count). The van der Waals surface area contributed by atoms with Crippen LogP contribution in [0.2, 0.25) is 0 Å². The average molecular weight is 307 g/mol. The molecule has 0 aliphatic heterocycles. The van der Waals surface area contributed by atoms with Gasteiger partial charge in [0, 0.05) is 13.1 Å². The molecule has 1 atom stereocenters. The van der Waals surface area contributed by atoms with Crippen molar-refractivity contribution in [2.45, 2.75) is 39.4 Å². The Hall–Kier alpha value is -1.59. The van der Waals surface area contributed by atoms with Crippen LogP contribution in [0, 0.1) is 5.92 Å². The van der Waals surface area contributed by atoms with Gasteiger partial charge in [-0.3, -0.25) is 0 Å². The van der Waals surface area contributed by atoms with Crippen molar-refractivity contribution in [2.75, 3.05) is 20.7 Å². The molecule has 0 aliphatic carbocycles. The maximum Gasteiger partial charge on any atom is 0.315 e. The molecular formula is C17H29N3O2. The quantitative estimate of drug-likeness (QED) is 0.688. The van der Waals surface area contributed by atoms with Gasteiger partial charge in [-0.2, -0.15) is 0 Å². The number of aliphatic hydroxyl groups is 1. The summed E-state index contributed by atoms with van der Waals surface area (Å²) in [7, 11) is 4.06. The number of amides is 2. The highest BCUT2D eigenvalue weighted by molar-refractivity contribution is 5.74. The van der Waals surface area contributed by atoms with Crippen LogP contribution in [0.25, 0.3) is 0 Å². The van der Waals surface area contributed by atoms with Crippen LogP contribution in [0.5, 0.6) is 0 Å². The Kier molecular flexibility index (Phi) is 7.91. The molecule has 1 aromatic rings. The molecule has 5 heteroatoms. The van der Waals surface area contributed by atoms with Crippen LogP contribution in [-0.2, 0) is 13.1 Å². The first-order valence-electron chi connectivity index (χ1n) is 7.78.